The first-order valence-corrected chi connectivity index (χ1v) is 6.19. The van der Waals surface area contributed by atoms with Crippen LogP contribution in [0.2, 0.25) is 0 Å². The molecule has 92 valence electrons. The first-order valence-electron chi connectivity index (χ1n) is 6.19. The number of hydrogen-bond acceptors (Lipinski definition) is 4. The molecule has 4 heteroatoms. The highest BCUT2D eigenvalue weighted by Crippen LogP contribution is 2.08. The zero-order chi connectivity index (χ0) is 11.8. The third kappa shape index (κ3) is 4.48. The highest BCUT2D eigenvalue weighted by atomic mass is 16.5. The molecule has 1 atom stereocenters. The Morgan fingerprint density at radius 2 is 2.00 bits per heavy atom. The number of nitriles is 1. The van der Waals surface area contributed by atoms with E-state index in [1.807, 2.05) is 6.92 Å². The van der Waals surface area contributed by atoms with Crippen molar-refractivity contribution in [1.82, 2.24) is 9.80 Å². The molecule has 0 aliphatic carbocycles. The SMILES string of the molecule is CCOCCN1CCN(C(C)CC#N)CC1. The van der Waals surface area contributed by atoms with Gasteiger partial charge in [-0.05, 0) is 13.8 Å². The summed E-state index contributed by atoms with van der Waals surface area (Å²) in [6.07, 6.45) is 0.638. The maximum atomic E-state index is 8.66. The van der Waals surface area contributed by atoms with Crippen LogP contribution in [0.5, 0.6) is 0 Å². The van der Waals surface area contributed by atoms with Crippen LogP contribution in [-0.4, -0.2) is 61.8 Å². The average molecular weight is 225 g/mol. The minimum Gasteiger partial charge on any atom is -0.380 e. The fourth-order valence-corrected chi connectivity index (χ4v) is 2.03. The summed E-state index contributed by atoms with van der Waals surface area (Å²) in [6.45, 7) is 11.2. The molecular weight excluding hydrogens is 202 g/mol. The Bertz CT molecular complexity index is 219. The smallest absolute Gasteiger partial charge is 0.0638 e. The van der Waals surface area contributed by atoms with Crippen molar-refractivity contribution in [2.24, 2.45) is 0 Å². The summed E-state index contributed by atoms with van der Waals surface area (Å²) in [6, 6.07) is 2.64. The van der Waals surface area contributed by atoms with Crippen molar-refractivity contribution in [2.75, 3.05) is 45.9 Å². The predicted molar refractivity (Wildman–Crippen MR) is 64.2 cm³/mol. The minimum absolute atomic E-state index is 0.402. The standard InChI is InChI=1S/C12H23N3O/c1-3-16-11-10-14-6-8-15(9-7-14)12(2)4-5-13/h12H,3-4,6-11H2,1-2H3. The molecule has 1 unspecified atom stereocenters. The van der Waals surface area contributed by atoms with E-state index in [9.17, 15) is 0 Å². The van der Waals surface area contributed by atoms with E-state index < -0.39 is 0 Å². The van der Waals surface area contributed by atoms with Crippen molar-refractivity contribution in [3.8, 4) is 6.07 Å². The molecule has 0 saturated carbocycles. The zero-order valence-electron chi connectivity index (χ0n) is 10.5. The highest BCUT2D eigenvalue weighted by Gasteiger charge is 2.20. The fraction of sp³-hybridized carbons (Fsp3) is 0.917. The Balaban J connectivity index is 2.16. The molecule has 1 saturated heterocycles. The van der Waals surface area contributed by atoms with Gasteiger partial charge in [-0.3, -0.25) is 9.80 Å². The van der Waals surface area contributed by atoms with Gasteiger partial charge >= 0.3 is 0 Å². The van der Waals surface area contributed by atoms with Gasteiger partial charge in [0.15, 0.2) is 0 Å². The number of nitrogens with zero attached hydrogens (tertiary/aromatic N) is 3. The van der Waals surface area contributed by atoms with Crippen LogP contribution in [0.15, 0.2) is 0 Å². The second-order valence-electron chi connectivity index (χ2n) is 4.29. The Labute approximate surface area is 98.8 Å². The Morgan fingerprint density at radius 3 is 2.56 bits per heavy atom. The molecule has 1 heterocycles. The lowest BCUT2D eigenvalue weighted by Gasteiger charge is -2.37. The summed E-state index contributed by atoms with van der Waals surface area (Å²) in [7, 11) is 0. The lowest BCUT2D eigenvalue weighted by atomic mass is 10.2. The molecule has 0 aromatic carbocycles. The second-order valence-corrected chi connectivity index (χ2v) is 4.29. The van der Waals surface area contributed by atoms with Gasteiger partial charge < -0.3 is 4.74 Å². The summed E-state index contributed by atoms with van der Waals surface area (Å²) in [5.41, 5.74) is 0. The first kappa shape index (κ1) is 13.4. The van der Waals surface area contributed by atoms with Gasteiger partial charge in [-0.1, -0.05) is 0 Å². The van der Waals surface area contributed by atoms with Crippen LogP contribution in [-0.2, 0) is 4.74 Å². The van der Waals surface area contributed by atoms with E-state index in [4.69, 9.17) is 10.00 Å². The van der Waals surface area contributed by atoms with Crippen LogP contribution >= 0.6 is 0 Å². The molecule has 0 bridgehead atoms. The van der Waals surface area contributed by atoms with E-state index in [1.165, 1.54) is 0 Å². The molecule has 0 spiro atoms. The van der Waals surface area contributed by atoms with Crippen molar-refractivity contribution in [3.05, 3.63) is 0 Å². The number of ether oxygens (including phenoxy) is 1. The molecule has 1 rings (SSSR count). The fourth-order valence-electron chi connectivity index (χ4n) is 2.03. The summed E-state index contributed by atoms with van der Waals surface area (Å²) in [5, 5.41) is 8.66. The lowest BCUT2D eigenvalue weighted by molar-refractivity contribution is 0.0684. The van der Waals surface area contributed by atoms with Crippen LogP contribution < -0.4 is 0 Å². The van der Waals surface area contributed by atoms with Crippen molar-refractivity contribution in [1.29, 1.82) is 5.26 Å². The van der Waals surface area contributed by atoms with E-state index in [2.05, 4.69) is 22.8 Å². The van der Waals surface area contributed by atoms with Gasteiger partial charge in [-0.15, -0.1) is 0 Å². The van der Waals surface area contributed by atoms with Gasteiger partial charge in [0.2, 0.25) is 0 Å². The quantitative estimate of drug-likeness (QED) is 0.631. The molecule has 4 nitrogen and oxygen atoms in total. The van der Waals surface area contributed by atoms with Crippen molar-refractivity contribution in [2.45, 2.75) is 26.3 Å². The maximum absolute atomic E-state index is 8.66. The summed E-state index contributed by atoms with van der Waals surface area (Å²) >= 11 is 0. The van der Waals surface area contributed by atoms with Gasteiger partial charge in [0.05, 0.1) is 19.1 Å². The summed E-state index contributed by atoms with van der Waals surface area (Å²) < 4.78 is 5.35. The van der Waals surface area contributed by atoms with Gasteiger partial charge in [-0.25, -0.2) is 0 Å². The van der Waals surface area contributed by atoms with E-state index in [0.717, 1.165) is 45.9 Å². The molecule has 0 amide bonds. The Kier molecular flexibility index (Phi) is 6.39. The van der Waals surface area contributed by atoms with Crippen LogP contribution in [0.25, 0.3) is 0 Å². The summed E-state index contributed by atoms with van der Waals surface area (Å²) in [4.78, 5) is 4.84. The molecule has 1 fully saturated rings. The Morgan fingerprint density at radius 1 is 1.31 bits per heavy atom. The van der Waals surface area contributed by atoms with Crippen molar-refractivity contribution in [3.63, 3.8) is 0 Å². The topological polar surface area (TPSA) is 39.5 Å². The van der Waals surface area contributed by atoms with Crippen LogP contribution in [0.1, 0.15) is 20.3 Å². The molecule has 0 aromatic heterocycles. The van der Waals surface area contributed by atoms with Gasteiger partial charge in [0.1, 0.15) is 0 Å². The average Bonchev–Trinajstić information content (AvgIpc) is 2.30. The molecular formula is C12H23N3O. The maximum Gasteiger partial charge on any atom is 0.0638 e. The predicted octanol–water partition coefficient (Wildman–Crippen LogP) is 0.943. The van der Waals surface area contributed by atoms with Crippen LogP contribution in [0.3, 0.4) is 0 Å². The third-order valence-corrected chi connectivity index (χ3v) is 3.17. The monoisotopic (exact) mass is 225 g/mol. The molecule has 1 aliphatic rings. The highest BCUT2D eigenvalue weighted by molar-refractivity contribution is 4.82. The minimum atomic E-state index is 0.402. The lowest BCUT2D eigenvalue weighted by Crippen LogP contribution is -2.50. The van der Waals surface area contributed by atoms with E-state index in [-0.39, 0.29) is 0 Å². The van der Waals surface area contributed by atoms with Crippen LogP contribution in [0, 0.1) is 11.3 Å². The zero-order valence-corrected chi connectivity index (χ0v) is 10.5. The molecule has 0 N–H and O–H groups in total. The number of hydrogen-bond donors (Lipinski definition) is 0. The molecule has 0 radical (unpaired) electrons. The van der Waals surface area contributed by atoms with Crippen LogP contribution in [0.4, 0.5) is 0 Å². The molecule has 16 heavy (non-hydrogen) atoms. The summed E-state index contributed by atoms with van der Waals surface area (Å²) in [5.74, 6) is 0. The Hall–Kier alpha value is -0.630. The third-order valence-electron chi connectivity index (χ3n) is 3.17. The second kappa shape index (κ2) is 7.61. The van der Waals surface area contributed by atoms with Gasteiger partial charge in [0, 0.05) is 45.4 Å². The van der Waals surface area contributed by atoms with E-state index in [0.29, 0.717) is 12.5 Å². The molecule has 1 aliphatic heterocycles. The largest absolute Gasteiger partial charge is 0.380 e. The van der Waals surface area contributed by atoms with Crippen molar-refractivity contribution >= 4 is 0 Å². The molecule has 0 aromatic rings. The van der Waals surface area contributed by atoms with Gasteiger partial charge in [-0.2, -0.15) is 5.26 Å². The van der Waals surface area contributed by atoms with E-state index >= 15 is 0 Å². The van der Waals surface area contributed by atoms with Gasteiger partial charge in [0.25, 0.3) is 0 Å². The first-order chi connectivity index (χ1) is 7.77. The number of rotatable bonds is 6. The van der Waals surface area contributed by atoms with E-state index in [1.54, 1.807) is 0 Å². The number of piperazine rings is 1. The normalized spacial score (nSPS) is 20.6. The van der Waals surface area contributed by atoms with Crippen molar-refractivity contribution < 1.29 is 4.74 Å².